The molecule has 4 heteroatoms. The fraction of sp³-hybridized carbons (Fsp3) is 0.200. The first-order valence-electron chi connectivity index (χ1n) is 6.12. The lowest BCUT2D eigenvalue weighted by Gasteiger charge is -2.05. The highest BCUT2D eigenvalue weighted by molar-refractivity contribution is 7.99. The number of rotatable bonds is 2. The van der Waals surface area contributed by atoms with Crippen LogP contribution in [0.4, 0.5) is 0 Å². The van der Waals surface area contributed by atoms with Crippen LogP contribution in [0.1, 0.15) is 23.1 Å². The number of pyridine rings is 1. The van der Waals surface area contributed by atoms with Crippen LogP contribution in [0.2, 0.25) is 5.15 Å². The molecule has 1 aliphatic rings. The number of halogens is 1. The van der Waals surface area contributed by atoms with Gasteiger partial charge in [0.25, 0.3) is 0 Å². The summed E-state index contributed by atoms with van der Waals surface area (Å²) in [6, 6.07) is 12.0. The molecule has 2 nitrogen and oxygen atoms in total. The molecule has 0 N–H and O–H groups in total. The van der Waals surface area contributed by atoms with Crippen LogP contribution < -0.4 is 0 Å². The van der Waals surface area contributed by atoms with Crippen molar-refractivity contribution in [3.8, 4) is 6.07 Å². The van der Waals surface area contributed by atoms with Crippen LogP contribution in [0.5, 0.6) is 0 Å². The fourth-order valence-electron chi connectivity index (χ4n) is 2.32. The van der Waals surface area contributed by atoms with E-state index in [-0.39, 0.29) is 0 Å². The van der Waals surface area contributed by atoms with E-state index in [0.29, 0.717) is 10.7 Å². The van der Waals surface area contributed by atoms with Gasteiger partial charge in [0.1, 0.15) is 10.2 Å². The van der Waals surface area contributed by atoms with Crippen LogP contribution in [0.3, 0.4) is 0 Å². The zero-order valence-electron chi connectivity index (χ0n) is 10.2. The molecule has 0 saturated carbocycles. The third-order valence-corrected chi connectivity index (χ3v) is 4.29. The minimum Gasteiger partial charge on any atom is -0.229 e. The van der Waals surface area contributed by atoms with Gasteiger partial charge in [-0.1, -0.05) is 29.4 Å². The largest absolute Gasteiger partial charge is 0.229 e. The number of nitriles is 1. The molecule has 0 unspecified atom stereocenters. The minimum absolute atomic E-state index is 0.364. The first-order valence-corrected chi connectivity index (χ1v) is 7.31. The molecular formula is C15H11ClN2S. The summed E-state index contributed by atoms with van der Waals surface area (Å²) in [5.41, 5.74) is 3.44. The molecule has 94 valence electrons. The lowest BCUT2D eigenvalue weighted by atomic mass is 10.1. The molecule has 0 amide bonds. The van der Waals surface area contributed by atoms with E-state index in [4.69, 9.17) is 16.9 Å². The van der Waals surface area contributed by atoms with E-state index >= 15 is 0 Å². The zero-order chi connectivity index (χ0) is 13.2. The maximum absolute atomic E-state index is 8.93. The summed E-state index contributed by atoms with van der Waals surface area (Å²) >= 11 is 7.46. The van der Waals surface area contributed by atoms with Gasteiger partial charge < -0.3 is 0 Å². The second kappa shape index (κ2) is 5.24. The predicted octanol–water partition coefficient (Wildman–Crippen LogP) is 4.25. The Kier molecular flexibility index (Phi) is 3.46. The third-order valence-electron chi connectivity index (χ3n) is 3.19. The van der Waals surface area contributed by atoms with Crippen molar-refractivity contribution in [3.05, 3.63) is 52.2 Å². The Balaban J connectivity index is 1.89. The number of aromatic nitrogens is 1. The summed E-state index contributed by atoms with van der Waals surface area (Å²) in [5, 5.41) is 10.1. The molecule has 2 aromatic rings. The number of hydrogen-bond donors (Lipinski definition) is 0. The molecule has 1 aromatic carbocycles. The Morgan fingerprint density at radius 3 is 2.84 bits per heavy atom. The van der Waals surface area contributed by atoms with Gasteiger partial charge in [0, 0.05) is 4.90 Å². The fourth-order valence-corrected chi connectivity index (χ4v) is 3.49. The number of nitrogens with zero attached hydrogens (tertiary/aromatic N) is 2. The van der Waals surface area contributed by atoms with Crippen molar-refractivity contribution in [2.75, 3.05) is 0 Å². The molecule has 0 radical (unpaired) electrons. The minimum atomic E-state index is 0.364. The highest BCUT2D eigenvalue weighted by Gasteiger charge is 2.11. The standard InChI is InChI=1S/C15H11ClN2S/c16-14-6-10(9-17)7-15(18-14)19-13-5-4-11-2-1-3-12(11)8-13/h4-8H,1-3H2. The molecule has 0 bridgehead atoms. The Morgan fingerprint density at radius 2 is 2.00 bits per heavy atom. The van der Waals surface area contributed by atoms with Crippen LogP contribution >= 0.6 is 23.4 Å². The maximum Gasteiger partial charge on any atom is 0.131 e. The van der Waals surface area contributed by atoms with Crippen LogP contribution in [0, 0.1) is 11.3 Å². The van der Waals surface area contributed by atoms with Crippen molar-refractivity contribution < 1.29 is 0 Å². The summed E-state index contributed by atoms with van der Waals surface area (Å²) < 4.78 is 0. The van der Waals surface area contributed by atoms with Crippen molar-refractivity contribution >= 4 is 23.4 Å². The van der Waals surface area contributed by atoms with Crippen LogP contribution in [0.15, 0.2) is 40.3 Å². The molecule has 19 heavy (non-hydrogen) atoms. The molecule has 0 spiro atoms. The SMILES string of the molecule is N#Cc1cc(Cl)nc(Sc2ccc3c(c2)CCC3)c1. The second-order valence-electron chi connectivity index (χ2n) is 4.51. The van der Waals surface area contributed by atoms with Crippen molar-refractivity contribution in [2.45, 2.75) is 29.2 Å². The first-order chi connectivity index (χ1) is 9.24. The Hall–Kier alpha value is -1.50. The monoisotopic (exact) mass is 286 g/mol. The molecular weight excluding hydrogens is 276 g/mol. The highest BCUT2D eigenvalue weighted by atomic mass is 35.5. The Bertz CT molecular complexity index is 676. The van der Waals surface area contributed by atoms with Crippen LogP contribution in [-0.2, 0) is 12.8 Å². The van der Waals surface area contributed by atoms with E-state index in [1.54, 1.807) is 23.9 Å². The lowest BCUT2D eigenvalue weighted by molar-refractivity contribution is 0.911. The van der Waals surface area contributed by atoms with Crippen molar-refractivity contribution in [1.29, 1.82) is 5.26 Å². The molecule has 0 saturated heterocycles. The average Bonchev–Trinajstić information content (AvgIpc) is 2.85. The number of aryl methyl sites for hydroxylation is 2. The van der Waals surface area contributed by atoms with Gasteiger partial charge in [0.2, 0.25) is 0 Å². The Labute approximate surface area is 121 Å². The Morgan fingerprint density at radius 1 is 1.16 bits per heavy atom. The topological polar surface area (TPSA) is 36.7 Å². The van der Waals surface area contributed by atoms with Gasteiger partial charge in [-0.3, -0.25) is 0 Å². The second-order valence-corrected chi connectivity index (χ2v) is 6.00. The van der Waals surface area contributed by atoms with E-state index < -0.39 is 0 Å². The van der Waals surface area contributed by atoms with E-state index in [1.165, 1.54) is 24.0 Å². The maximum atomic E-state index is 8.93. The summed E-state index contributed by atoms with van der Waals surface area (Å²) in [6.45, 7) is 0. The van der Waals surface area contributed by atoms with Crippen molar-refractivity contribution in [2.24, 2.45) is 0 Å². The van der Waals surface area contributed by atoms with Crippen LogP contribution in [0.25, 0.3) is 0 Å². The number of hydrogen-bond acceptors (Lipinski definition) is 3. The van der Waals surface area contributed by atoms with E-state index in [2.05, 4.69) is 29.3 Å². The quantitative estimate of drug-likeness (QED) is 0.775. The summed E-state index contributed by atoms with van der Waals surface area (Å²) in [6.07, 6.45) is 3.60. The summed E-state index contributed by atoms with van der Waals surface area (Å²) in [5.74, 6) is 0. The van der Waals surface area contributed by atoms with Gasteiger partial charge in [-0.2, -0.15) is 5.26 Å². The van der Waals surface area contributed by atoms with Crippen LogP contribution in [-0.4, -0.2) is 4.98 Å². The molecule has 3 rings (SSSR count). The molecule has 0 aliphatic heterocycles. The highest BCUT2D eigenvalue weighted by Crippen LogP contribution is 2.32. The first kappa shape index (κ1) is 12.5. The van der Waals surface area contributed by atoms with Gasteiger partial charge >= 0.3 is 0 Å². The van der Waals surface area contributed by atoms with Crippen molar-refractivity contribution in [1.82, 2.24) is 4.98 Å². The molecule has 1 aromatic heterocycles. The number of benzene rings is 1. The van der Waals surface area contributed by atoms with Gasteiger partial charge in [-0.05, 0) is 54.7 Å². The van der Waals surface area contributed by atoms with E-state index in [1.807, 2.05) is 0 Å². The molecule has 1 aliphatic carbocycles. The van der Waals surface area contributed by atoms with Gasteiger partial charge in [0.05, 0.1) is 11.6 Å². The van der Waals surface area contributed by atoms with Gasteiger partial charge in [-0.15, -0.1) is 0 Å². The molecule has 1 heterocycles. The zero-order valence-corrected chi connectivity index (χ0v) is 11.8. The van der Waals surface area contributed by atoms with Gasteiger partial charge in [-0.25, -0.2) is 4.98 Å². The van der Waals surface area contributed by atoms with E-state index in [9.17, 15) is 0 Å². The smallest absolute Gasteiger partial charge is 0.131 e. The number of fused-ring (bicyclic) bond motifs is 1. The summed E-state index contributed by atoms with van der Waals surface area (Å²) in [4.78, 5) is 5.40. The van der Waals surface area contributed by atoms with E-state index in [0.717, 1.165) is 16.3 Å². The normalized spacial score (nSPS) is 13.1. The van der Waals surface area contributed by atoms with Crippen molar-refractivity contribution in [3.63, 3.8) is 0 Å². The predicted molar refractivity (Wildman–Crippen MR) is 76.6 cm³/mol. The third kappa shape index (κ3) is 2.75. The molecule has 0 atom stereocenters. The summed E-state index contributed by atoms with van der Waals surface area (Å²) in [7, 11) is 0. The molecule has 0 fully saturated rings. The lowest BCUT2D eigenvalue weighted by Crippen LogP contribution is -1.86. The average molecular weight is 287 g/mol. The van der Waals surface area contributed by atoms with Gasteiger partial charge in [0.15, 0.2) is 0 Å².